The fourth-order valence-corrected chi connectivity index (χ4v) is 3.08. The van der Waals surface area contributed by atoms with Crippen LogP contribution in [-0.2, 0) is 4.79 Å². The van der Waals surface area contributed by atoms with Crippen LogP contribution in [0.15, 0.2) is 42.7 Å². The smallest absolute Gasteiger partial charge is 0.253 e. The van der Waals surface area contributed by atoms with Crippen LogP contribution in [0.5, 0.6) is 0 Å². The third-order valence-electron chi connectivity index (χ3n) is 4.41. The summed E-state index contributed by atoms with van der Waals surface area (Å²) < 4.78 is 1.74. The van der Waals surface area contributed by atoms with Crippen LogP contribution in [-0.4, -0.2) is 52.7 Å². The Labute approximate surface area is 159 Å². The van der Waals surface area contributed by atoms with E-state index in [0.717, 1.165) is 18.5 Å². The molecular formula is C18H24ClN5O2. The lowest BCUT2D eigenvalue weighted by molar-refractivity contribution is -0.126. The summed E-state index contributed by atoms with van der Waals surface area (Å²) in [5.41, 5.74) is 6.95. The molecule has 1 aliphatic rings. The van der Waals surface area contributed by atoms with Crippen LogP contribution in [0.3, 0.4) is 0 Å². The van der Waals surface area contributed by atoms with Gasteiger partial charge in [-0.25, -0.2) is 4.68 Å². The first-order valence-electron chi connectivity index (χ1n) is 8.56. The second kappa shape index (κ2) is 9.35. The normalized spacial score (nSPS) is 16.7. The summed E-state index contributed by atoms with van der Waals surface area (Å²) in [4.78, 5) is 26.6. The minimum atomic E-state index is -0.160. The summed E-state index contributed by atoms with van der Waals surface area (Å²) >= 11 is 0. The van der Waals surface area contributed by atoms with E-state index in [0.29, 0.717) is 31.7 Å². The number of halogens is 1. The van der Waals surface area contributed by atoms with Crippen molar-refractivity contribution in [2.24, 2.45) is 11.7 Å². The molecule has 7 nitrogen and oxygen atoms in total. The number of benzene rings is 1. The third kappa shape index (κ3) is 4.62. The Morgan fingerprint density at radius 2 is 2.04 bits per heavy atom. The summed E-state index contributed by atoms with van der Waals surface area (Å²) in [6.45, 7) is 2.03. The molecule has 0 spiro atoms. The van der Waals surface area contributed by atoms with Crippen LogP contribution in [0.1, 0.15) is 23.2 Å². The minimum absolute atomic E-state index is 0. The fraction of sp³-hybridized carbons (Fsp3) is 0.389. The van der Waals surface area contributed by atoms with E-state index in [4.69, 9.17) is 5.73 Å². The summed E-state index contributed by atoms with van der Waals surface area (Å²) in [6.07, 6.45) is 5.20. The number of amides is 2. The van der Waals surface area contributed by atoms with Crippen LogP contribution in [0.4, 0.5) is 0 Å². The molecule has 1 aliphatic heterocycles. The topological polar surface area (TPSA) is 93.3 Å². The molecule has 1 aromatic heterocycles. The van der Waals surface area contributed by atoms with E-state index in [-0.39, 0.29) is 30.1 Å². The molecule has 8 heteroatoms. The molecule has 1 atom stereocenters. The number of carbonyl (C=O) groups is 2. The maximum atomic E-state index is 12.7. The number of aromatic nitrogens is 2. The molecule has 2 aromatic rings. The zero-order valence-electron chi connectivity index (χ0n) is 14.5. The van der Waals surface area contributed by atoms with Gasteiger partial charge in [0.1, 0.15) is 0 Å². The number of piperidine rings is 1. The van der Waals surface area contributed by atoms with Crippen molar-refractivity contribution in [1.29, 1.82) is 0 Å². The van der Waals surface area contributed by atoms with Gasteiger partial charge in [-0.3, -0.25) is 9.59 Å². The quantitative estimate of drug-likeness (QED) is 0.819. The number of carbonyl (C=O) groups excluding carboxylic acids is 2. The Morgan fingerprint density at radius 1 is 1.27 bits per heavy atom. The number of nitrogens with two attached hydrogens (primary N) is 1. The van der Waals surface area contributed by atoms with Gasteiger partial charge >= 0.3 is 0 Å². The number of likely N-dealkylation sites (tertiary alicyclic amines) is 1. The van der Waals surface area contributed by atoms with Gasteiger partial charge in [0, 0.05) is 44.1 Å². The van der Waals surface area contributed by atoms with Crippen molar-refractivity contribution in [2.75, 3.05) is 26.2 Å². The molecule has 3 N–H and O–H groups in total. The maximum Gasteiger partial charge on any atom is 0.253 e. The summed E-state index contributed by atoms with van der Waals surface area (Å²) in [5, 5.41) is 6.99. The average molecular weight is 378 g/mol. The Morgan fingerprint density at radius 3 is 2.69 bits per heavy atom. The van der Waals surface area contributed by atoms with Crippen molar-refractivity contribution in [3.63, 3.8) is 0 Å². The first-order valence-corrected chi connectivity index (χ1v) is 8.56. The first kappa shape index (κ1) is 19.9. The molecule has 1 saturated heterocycles. The van der Waals surface area contributed by atoms with Gasteiger partial charge in [-0.15, -0.1) is 12.4 Å². The Bertz CT molecular complexity index is 718. The number of hydrogen-bond donors (Lipinski definition) is 2. The average Bonchev–Trinajstić information content (AvgIpc) is 3.20. The summed E-state index contributed by atoms with van der Waals surface area (Å²) in [7, 11) is 0. The SMILES string of the molecule is Cl.NCCNC(=O)C1CCCN(C(=O)c2ccc(-n3cccn3)cc2)C1. The van der Waals surface area contributed by atoms with E-state index in [1.165, 1.54) is 0 Å². The van der Waals surface area contributed by atoms with Gasteiger partial charge < -0.3 is 16.0 Å². The fourth-order valence-electron chi connectivity index (χ4n) is 3.08. The van der Waals surface area contributed by atoms with Crippen molar-refractivity contribution >= 4 is 24.2 Å². The predicted molar refractivity (Wildman–Crippen MR) is 102 cm³/mol. The van der Waals surface area contributed by atoms with Crippen molar-refractivity contribution in [3.05, 3.63) is 48.3 Å². The van der Waals surface area contributed by atoms with Gasteiger partial charge in [0.05, 0.1) is 11.6 Å². The zero-order chi connectivity index (χ0) is 17.6. The van der Waals surface area contributed by atoms with Crippen LogP contribution in [0.2, 0.25) is 0 Å². The highest BCUT2D eigenvalue weighted by molar-refractivity contribution is 5.95. The van der Waals surface area contributed by atoms with E-state index < -0.39 is 0 Å². The minimum Gasteiger partial charge on any atom is -0.355 e. The molecule has 2 amide bonds. The van der Waals surface area contributed by atoms with E-state index in [9.17, 15) is 9.59 Å². The Hall–Kier alpha value is -2.38. The first-order chi connectivity index (χ1) is 12.2. The lowest BCUT2D eigenvalue weighted by Crippen LogP contribution is -2.46. The highest BCUT2D eigenvalue weighted by Gasteiger charge is 2.28. The third-order valence-corrected chi connectivity index (χ3v) is 4.41. The predicted octanol–water partition coefficient (Wildman–Crippen LogP) is 1.22. The maximum absolute atomic E-state index is 12.7. The highest BCUT2D eigenvalue weighted by Crippen LogP contribution is 2.19. The summed E-state index contributed by atoms with van der Waals surface area (Å²) in [6, 6.07) is 9.20. The van der Waals surface area contributed by atoms with Crippen molar-refractivity contribution in [3.8, 4) is 5.69 Å². The molecule has 0 aliphatic carbocycles. The molecule has 1 fully saturated rings. The van der Waals surface area contributed by atoms with Gasteiger partial charge in [-0.1, -0.05) is 0 Å². The molecule has 1 unspecified atom stereocenters. The molecule has 26 heavy (non-hydrogen) atoms. The van der Waals surface area contributed by atoms with Crippen molar-refractivity contribution in [1.82, 2.24) is 20.0 Å². The van der Waals surface area contributed by atoms with Gasteiger partial charge in [0.15, 0.2) is 0 Å². The molecular weight excluding hydrogens is 354 g/mol. The molecule has 3 rings (SSSR count). The van der Waals surface area contributed by atoms with Gasteiger partial charge in [-0.05, 0) is 43.2 Å². The number of hydrogen-bond acceptors (Lipinski definition) is 4. The number of nitrogens with one attached hydrogen (secondary N) is 1. The van der Waals surface area contributed by atoms with Gasteiger partial charge in [-0.2, -0.15) is 5.10 Å². The monoisotopic (exact) mass is 377 g/mol. The molecule has 140 valence electrons. The van der Waals surface area contributed by atoms with Crippen LogP contribution in [0, 0.1) is 5.92 Å². The van der Waals surface area contributed by atoms with Crippen LogP contribution >= 0.6 is 12.4 Å². The molecule has 0 saturated carbocycles. The highest BCUT2D eigenvalue weighted by atomic mass is 35.5. The Balaban J connectivity index is 0.00000243. The Kier molecular flexibility index (Phi) is 7.17. The molecule has 0 bridgehead atoms. The second-order valence-corrected chi connectivity index (χ2v) is 6.17. The van der Waals surface area contributed by atoms with E-state index >= 15 is 0 Å². The zero-order valence-corrected chi connectivity index (χ0v) is 15.3. The molecule has 1 aromatic carbocycles. The molecule has 2 heterocycles. The lowest BCUT2D eigenvalue weighted by atomic mass is 9.96. The second-order valence-electron chi connectivity index (χ2n) is 6.17. The van der Waals surface area contributed by atoms with Crippen LogP contribution < -0.4 is 11.1 Å². The van der Waals surface area contributed by atoms with Crippen LogP contribution in [0.25, 0.3) is 5.69 Å². The van der Waals surface area contributed by atoms with Gasteiger partial charge in [0.2, 0.25) is 5.91 Å². The van der Waals surface area contributed by atoms with E-state index in [2.05, 4.69) is 10.4 Å². The van der Waals surface area contributed by atoms with E-state index in [1.54, 1.807) is 27.9 Å². The van der Waals surface area contributed by atoms with Crippen molar-refractivity contribution < 1.29 is 9.59 Å². The number of nitrogens with zero attached hydrogens (tertiary/aromatic N) is 3. The summed E-state index contributed by atoms with van der Waals surface area (Å²) in [5.74, 6) is -0.215. The molecule has 0 radical (unpaired) electrons. The van der Waals surface area contributed by atoms with Crippen molar-refractivity contribution in [2.45, 2.75) is 12.8 Å². The lowest BCUT2D eigenvalue weighted by Gasteiger charge is -2.32. The largest absolute Gasteiger partial charge is 0.355 e. The van der Waals surface area contributed by atoms with E-state index in [1.807, 2.05) is 24.4 Å². The number of rotatable bonds is 5. The van der Waals surface area contributed by atoms with Gasteiger partial charge in [0.25, 0.3) is 5.91 Å². The standard InChI is InChI=1S/C18H23N5O2.ClH/c19-8-10-20-17(24)15-3-1-11-22(13-15)18(25)14-4-6-16(7-5-14)23-12-2-9-21-23;/h2,4-7,9,12,15H,1,3,8,10-11,13,19H2,(H,20,24);1H.